The van der Waals surface area contributed by atoms with Gasteiger partial charge in [-0.15, -0.1) is 0 Å². The topological polar surface area (TPSA) is 109 Å². The van der Waals surface area contributed by atoms with E-state index in [4.69, 9.17) is 11.6 Å². The van der Waals surface area contributed by atoms with Crippen molar-refractivity contribution in [2.75, 3.05) is 13.2 Å². The molecule has 3 saturated carbocycles. The molecule has 3 aliphatic rings. The van der Waals surface area contributed by atoms with Crippen LogP contribution in [0.2, 0.25) is 5.02 Å². The quantitative estimate of drug-likeness (QED) is 0.443. The first kappa shape index (κ1) is 24.6. The van der Waals surface area contributed by atoms with E-state index in [1.54, 1.807) is 0 Å². The number of hydrogen-bond donors (Lipinski definition) is 3. The highest BCUT2D eigenvalue weighted by molar-refractivity contribution is 6.30. The summed E-state index contributed by atoms with van der Waals surface area (Å²) in [7, 11) is 0. The molecule has 3 aromatic rings. The lowest BCUT2D eigenvalue weighted by Crippen LogP contribution is -2.48. The third kappa shape index (κ3) is 4.55. The number of nitrogens with one attached hydrogen (secondary N) is 2. The predicted octanol–water partition coefficient (Wildman–Crippen LogP) is 3.65. The molecule has 2 amide bonds. The fraction of sp³-hybridized carbons (Fsp3) is 0.440. The zero-order valence-electron chi connectivity index (χ0n) is 19.5. The second kappa shape index (κ2) is 9.40. The van der Waals surface area contributed by atoms with Gasteiger partial charge in [0.25, 0.3) is 11.8 Å². The summed E-state index contributed by atoms with van der Waals surface area (Å²) in [5, 5.41) is 19.2. The summed E-state index contributed by atoms with van der Waals surface area (Å²) in [6.45, 7) is 0.689. The Morgan fingerprint density at radius 3 is 2.36 bits per heavy atom. The summed E-state index contributed by atoms with van der Waals surface area (Å²) in [6, 6.07) is 5.34. The van der Waals surface area contributed by atoms with Gasteiger partial charge in [0.15, 0.2) is 11.5 Å². The molecule has 190 valence electrons. The fourth-order valence-corrected chi connectivity index (χ4v) is 5.54. The van der Waals surface area contributed by atoms with Gasteiger partial charge in [0.05, 0.1) is 11.2 Å². The second-order valence-corrected chi connectivity index (χ2v) is 10.4. The molecule has 6 rings (SSSR count). The number of aromatic nitrogens is 3. The van der Waals surface area contributed by atoms with Gasteiger partial charge < -0.3 is 15.7 Å². The Morgan fingerprint density at radius 1 is 1.00 bits per heavy atom. The summed E-state index contributed by atoms with van der Waals surface area (Å²) in [5.41, 5.74) is 0.169. The number of rotatable bonds is 7. The van der Waals surface area contributed by atoms with Crippen molar-refractivity contribution in [2.24, 2.45) is 10.8 Å². The van der Waals surface area contributed by atoms with Gasteiger partial charge in [0.2, 0.25) is 0 Å². The Balaban J connectivity index is 1.32. The lowest BCUT2D eigenvalue weighted by molar-refractivity contribution is -0.0404. The number of fused-ring (bicyclic) bond motifs is 4. The maximum absolute atomic E-state index is 14.4. The van der Waals surface area contributed by atoms with E-state index in [0.717, 1.165) is 49.2 Å². The molecule has 0 radical (unpaired) electrons. The van der Waals surface area contributed by atoms with Gasteiger partial charge in [-0.05, 0) is 67.1 Å². The lowest BCUT2D eigenvalue weighted by Gasteiger charge is -2.53. The summed E-state index contributed by atoms with van der Waals surface area (Å²) < 4.78 is 28.8. The maximum Gasteiger partial charge on any atom is 0.270 e. The number of nitrogens with zero attached hydrogens (tertiary/aromatic N) is 3. The van der Waals surface area contributed by atoms with Crippen LogP contribution in [0, 0.1) is 22.5 Å². The van der Waals surface area contributed by atoms with Crippen LogP contribution >= 0.6 is 11.6 Å². The van der Waals surface area contributed by atoms with E-state index >= 15 is 0 Å². The van der Waals surface area contributed by atoms with Gasteiger partial charge >= 0.3 is 0 Å². The van der Waals surface area contributed by atoms with Gasteiger partial charge in [-0.1, -0.05) is 17.7 Å². The highest BCUT2D eigenvalue weighted by Gasteiger charge is 2.48. The number of hydrogen-bond acceptors (Lipinski definition) is 5. The molecule has 2 heterocycles. The number of amides is 2. The van der Waals surface area contributed by atoms with Crippen molar-refractivity contribution in [3.8, 4) is 0 Å². The number of aliphatic hydroxyl groups excluding tert-OH is 1. The van der Waals surface area contributed by atoms with Crippen LogP contribution in [0.3, 0.4) is 0 Å². The van der Waals surface area contributed by atoms with Gasteiger partial charge in [0.1, 0.15) is 17.2 Å². The molecule has 0 saturated heterocycles. The number of halogens is 3. The number of carbonyl (C=O) groups excluding carboxylic acids is 2. The molecule has 36 heavy (non-hydrogen) atoms. The van der Waals surface area contributed by atoms with Crippen LogP contribution in [0.4, 0.5) is 8.78 Å². The van der Waals surface area contributed by atoms with Crippen LogP contribution in [0.25, 0.3) is 5.65 Å². The van der Waals surface area contributed by atoms with E-state index in [1.165, 1.54) is 24.3 Å². The van der Waals surface area contributed by atoms with Gasteiger partial charge in [-0.25, -0.2) is 18.3 Å². The van der Waals surface area contributed by atoms with E-state index in [9.17, 15) is 23.5 Å². The van der Waals surface area contributed by atoms with Crippen molar-refractivity contribution in [2.45, 2.75) is 45.1 Å². The average Bonchev–Trinajstić information content (AvgIpc) is 3.29. The Labute approximate surface area is 211 Å². The Hall–Kier alpha value is -3.11. The van der Waals surface area contributed by atoms with Gasteiger partial charge in [-0.3, -0.25) is 9.59 Å². The first-order valence-corrected chi connectivity index (χ1v) is 12.3. The molecule has 11 heteroatoms. The molecule has 2 bridgehead atoms. The van der Waals surface area contributed by atoms with Crippen LogP contribution in [-0.2, 0) is 6.54 Å². The third-order valence-corrected chi connectivity index (χ3v) is 8.14. The predicted molar refractivity (Wildman–Crippen MR) is 128 cm³/mol. The van der Waals surface area contributed by atoms with Gasteiger partial charge in [0, 0.05) is 25.8 Å². The van der Waals surface area contributed by atoms with Crippen molar-refractivity contribution in [1.82, 2.24) is 25.2 Å². The Bertz CT molecular complexity index is 1320. The van der Waals surface area contributed by atoms with Crippen molar-refractivity contribution in [1.29, 1.82) is 0 Å². The molecule has 3 fully saturated rings. The van der Waals surface area contributed by atoms with Crippen LogP contribution in [0.1, 0.15) is 65.1 Å². The zero-order chi connectivity index (χ0) is 25.5. The monoisotopic (exact) mass is 517 g/mol. The van der Waals surface area contributed by atoms with E-state index < -0.39 is 23.4 Å². The molecule has 0 unspecified atom stereocenters. The van der Waals surface area contributed by atoms with E-state index in [2.05, 4.69) is 20.7 Å². The molecule has 8 nitrogen and oxygen atoms in total. The van der Waals surface area contributed by atoms with Gasteiger partial charge in [-0.2, -0.15) is 5.10 Å². The highest BCUT2D eigenvalue weighted by Crippen LogP contribution is 2.56. The largest absolute Gasteiger partial charge is 0.396 e. The number of benzene rings is 1. The van der Waals surface area contributed by atoms with E-state index in [0.29, 0.717) is 12.1 Å². The smallest absolute Gasteiger partial charge is 0.270 e. The molecule has 0 aliphatic heterocycles. The lowest BCUT2D eigenvalue weighted by atomic mass is 9.54. The zero-order valence-corrected chi connectivity index (χ0v) is 20.2. The SMILES string of the molecule is O=C(NCc1ccc(F)c(Cl)c1)c1cc(C(=O)NCC23CCC(CO)(CC2)CC3)n2ncc(F)c2n1. The van der Waals surface area contributed by atoms with Crippen LogP contribution < -0.4 is 10.6 Å². The summed E-state index contributed by atoms with van der Waals surface area (Å²) in [6.07, 6.45) is 6.54. The van der Waals surface area contributed by atoms with Crippen molar-refractivity contribution >= 4 is 29.1 Å². The summed E-state index contributed by atoms with van der Waals surface area (Å²) in [4.78, 5) is 30.0. The molecule has 3 aliphatic carbocycles. The Morgan fingerprint density at radius 2 is 1.69 bits per heavy atom. The third-order valence-electron chi connectivity index (χ3n) is 7.85. The number of aliphatic hydroxyl groups is 1. The van der Waals surface area contributed by atoms with Crippen LogP contribution in [0.5, 0.6) is 0 Å². The first-order chi connectivity index (χ1) is 17.2. The minimum absolute atomic E-state index is 0.00778. The Kier molecular flexibility index (Phi) is 6.42. The minimum Gasteiger partial charge on any atom is -0.396 e. The fourth-order valence-electron chi connectivity index (χ4n) is 5.34. The molecule has 1 aromatic carbocycles. The molecular weight excluding hydrogens is 492 g/mol. The molecule has 3 N–H and O–H groups in total. The molecule has 0 atom stereocenters. The number of carbonyl (C=O) groups is 2. The van der Waals surface area contributed by atoms with Crippen molar-refractivity contribution in [3.05, 3.63) is 64.1 Å². The van der Waals surface area contributed by atoms with E-state index in [-0.39, 0.29) is 46.0 Å². The summed E-state index contributed by atoms with van der Waals surface area (Å²) >= 11 is 5.79. The van der Waals surface area contributed by atoms with Crippen LogP contribution in [-0.4, -0.2) is 44.7 Å². The van der Waals surface area contributed by atoms with Crippen LogP contribution in [0.15, 0.2) is 30.5 Å². The maximum atomic E-state index is 14.4. The first-order valence-electron chi connectivity index (χ1n) is 11.9. The average molecular weight is 518 g/mol. The summed E-state index contributed by atoms with van der Waals surface area (Å²) in [5.74, 6) is -2.45. The van der Waals surface area contributed by atoms with Crippen molar-refractivity contribution < 1.29 is 23.5 Å². The minimum atomic E-state index is -0.762. The van der Waals surface area contributed by atoms with Crippen molar-refractivity contribution in [3.63, 3.8) is 0 Å². The normalized spacial score (nSPS) is 23.1. The second-order valence-electron chi connectivity index (χ2n) is 10.0. The highest BCUT2D eigenvalue weighted by atomic mass is 35.5. The van der Waals surface area contributed by atoms with E-state index in [1.807, 2.05) is 0 Å². The molecule has 2 aromatic heterocycles. The molecule has 0 spiro atoms. The standard InChI is InChI=1S/C25H26ClF2N5O3/c26-16-9-15(1-2-17(16)27)11-29-22(35)19-10-20(33-21(32-19)18(28)12-31-33)23(36)30-13-24-3-6-25(14-34,7-4-24)8-5-24/h1-2,9-10,12,34H,3-8,11,13-14H2,(H,29,35)(H,30,36). The molecular formula is C25H26ClF2N5O3.